The lowest BCUT2D eigenvalue weighted by Gasteiger charge is -2.37. The number of aromatic nitrogens is 1. The van der Waals surface area contributed by atoms with Crippen molar-refractivity contribution in [1.82, 2.24) is 14.4 Å². The second-order valence-electron chi connectivity index (χ2n) is 9.46. The Labute approximate surface area is 199 Å². The molecule has 5 heteroatoms. The molecule has 0 bridgehead atoms. The highest BCUT2D eigenvalue weighted by molar-refractivity contribution is 5.85. The molecular formula is C28H41N3O2. The molecule has 0 radical (unpaired) electrons. The Hall–Kier alpha value is -2.56. The molecule has 1 atom stereocenters. The fraction of sp³-hybridized carbons (Fsp3) is 0.571. The summed E-state index contributed by atoms with van der Waals surface area (Å²) in [5.41, 5.74) is 2.39. The Kier molecular flexibility index (Phi) is 9.59. The Balaban J connectivity index is 1.80. The first-order valence-electron chi connectivity index (χ1n) is 12.8. The molecule has 1 saturated carbocycles. The number of benzene rings is 1. The van der Waals surface area contributed by atoms with Crippen molar-refractivity contribution in [1.29, 1.82) is 0 Å². The van der Waals surface area contributed by atoms with Crippen LogP contribution in [0.3, 0.4) is 0 Å². The van der Waals surface area contributed by atoms with Crippen LogP contribution in [0.15, 0.2) is 48.7 Å². The predicted molar refractivity (Wildman–Crippen MR) is 134 cm³/mol. The lowest BCUT2D eigenvalue weighted by Crippen LogP contribution is -2.49. The quantitative estimate of drug-likeness (QED) is 0.445. The van der Waals surface area contributed by atoms with Gasteiger partial charge < -0.3 is 14.4 Å². The van der Waals surface area contributed by atoms with Crippen LogP contribution in [0.2, 0.25) is 0 Å². The van der Waals surface area contributed by atoms with Gasteiger partial charge in [0.2, 0.25) is 11.8 Å². The summed E-state index contributed by atoms with van der Waals surface area (Å²) in [6.45, 7) is 7.73. The first-order valence-corrected chi connectivity index (χ1v) is 12.8. The number of nitrogens with zero attached hydrogens (tertiary/aromatic N) is 3. The highest BCUT2D eigenvalue weighted by Crippen LogP contribution is 2.25. The maximum Gasteiger partial charge on any atom is 0.242 e. The summed E-state index contributed by atoms with van der Waals surface area (Å²) in [4.78, 5) is 30.4. The summed E-state index contributed by atoms with van der Waals surface area (Å²) >= 11 is 0. The number of hydrogen-bond acceptors (Lipinski definition) is 2. The van der Waals surface area contributed by atoms with E-state index in [2.05, 4.69) is 65.9 Å². The standard InChI is InChI=1S/C28H41N3O2/c1-4-13-27(32)30(23(3)5-2)22-28(33)31(25-16-10-7-11-17-25)21-26-18-12-19-29(26)20-24-14-8-6-9-15-24/h6,8-9,12,14-15,18-19,23,25H,4-5,7,10-11,13,16-17,20-22H2,1-3H3. The van der Waals surface area contributed by atoms with Crippen LogP contribution in [0.1, 0.15) is 83.4 Å². The fourth-order valence-corrected chi connectivity index (χ4v) is 4.82. The summed E-state index contributed by atoms with van der Waals surface area (Å²) in [6, 6.07) is 15.0. The molecule has 5 nitrogen and oxygen atoms in total. The SMILES string of the molecule is CCCC(=O)N(CC(=O)N(Cc1cccn1Cc1ccccc1)C1CCCCC1)C(C)CC. The number of carbonyl (C=O) groups excluding carboxylic acids is 2. The van der Waals surface area contributed by atoms with Gasteiger partial charge in [-0.3, -0.25) is 9.59 Å². The average molecular weight is 452 g/mol. The van der Waals surface area contributed by atoms with Crippen LogP contribution in [0.25, 0.3) is 0 Å². The molecule has 1 heterocycles. The smallest absolute Gasteiger partial charge is 0.242 e. The van der Waals surface area contributed by atoms with E-state index < -0.39 is 0 Å². The van der Waals surface area contributed by atoms with Gasteiger partial charge in [0.05, 0.1) is 6.54 Å². The minimum atomic E-state index is 0.0724. The molecule has 0 spiro atoms. The number of carbonyl (C=O) groups is 2. The molecule has 180 valence electrons. The highest BCUT2D eigenvalue weighted by atomic mass is 16.2. The highest BCUT2D eigenvalue weighted by Gasteiger charge is 2.29. The third kappa shape index (κ3) is 6.96. The van der Waals surface area contributed by atoms with Gasteiger partial charge in [-0.05, 0) is 50.3 Å². The van der Waals surface area contributed by atoms with Gasteiger partial charge in [0, 0.05) is 36.9 Å². The van der Waals surface area contributed by atoms with Gasteiger partial charge in [-0.15, -0.1) is 0 Å². The third-order valence-corrected chi connectivity index (χ3v) is 7.00. The molecule has 1 aromatic carbocycles. The van der Waals surface area contributed by atoms with Gasteiger partial charge in [0.25, 0.3) is 0 Å². The maximum atomic E-state index is 13.7. The van der Waals surface area contributed by atoms with Crippen molar-refractivity contribution in [3.63, 3.8) is 0 Å². The summed E-state index contributed by atoms with van der Waals surface area (Å²) in [5.74, 6) is 0.176. The van der Waals surface area contributed by atoms with E-state index >= 15 is 0 Å². The zero-order chi connectivity index (χ0) is 23.6. The zero-order valence-corrected chi connectivity index (χ0v) is 20.7. The molecule has 0 N–H and O–H groups in total. The van der Waals surface area contributed by atoms with Crippen molar-refractivity contribution in [2.24, 2.45) is 0 Å². The first kappa shape index (κ1) is 25.1. The first-order chi connectivity index (χ1) is 16.0. The third-order valence-electron chi connectivity index (χ3n) is 7.00. The lowest BCUT2D eigenvalue weighted by molar-refractivity contribution is -0.144. The molecule has 0 saturated heterocycles. The maximum absolute atomic E-state index is 13.7. The van der Waals surface area contributed by atoms with Gasteiger partial charge in [-0.2, -0.15) is 0 Å². The van der Waals surface area contributed by atoms with E-state index in [0.717, 1.165) is 37.9 Å². The van der Waals surface area contributed by atoms with E-state index in [4.69, 9.17) is 0 Å². The summed E-state index contributed by atoms with van der Waals surface area (Å²) in [6.07, 6.45) is 9.95. The Bertz CT molecular complexity index is 870. The molecule has 1 unspecified atom stereocenters. The number of amides is 2. The molecule has 3 rings (SSSR count). The largest absolute Gasteiger partial charge is 0.345 e. The lowest BCUT2D eigenvalue weighted by atomic mass is 9.94. The van der Waals surface area contributed by atoms with Crippen molar-refractivity contribution in [2.75, 3.05) is 6.54 Å². The van der Waals surface area contributed by atoms with E-state index in [-0.39, 0.29) is 30.4 Å². The molecule has 1 aliphatic carbocycles. The second kappa shape index (κ2) is 12.6. The normalized spacial score (nSPS) is 15.2. The molecule has 2 amide bonds. The molecular weight excluding hydrogens is 410 g/mol. The van der Waals surface area contributed by atoms with Crippen molar-refractivity contribution in [3.05, 3.63) is 59.9 Å². The second-order valence-corrected chi connectivity index (χ2v) is 9.46. The molecule has 0 aliphatic heterocycles. The van der Waals surface area contributed by atoms with E-state index in [1.807, 2.05) is 17.9 Å². The Morgan fingerprint density at radius 1 is 1.00 bits per heavy atom. The fourth-order valence-electron chi connectivity index (χ4n) is 4.82. The Morgan fingerprint density at radius 3 is 2.39 bits per heavy atom. The van der Waals surface area contributed by atoms with E-state index in [9.17, 15) is 9.59 Å². The van der Waals surface area contributed by atoms with E-state index in [1.54, 1.807) is 0 Å². The summed E-state index contributed by atoms with van der Waals surface area (Å²) in [5, 5.41) is 0. The van der Waals surface area contributed by atoms with E-state index in [1.165, 1.54) is 24.8 Å². The van der Waals surface area contributed by atoms with Crippen LogP contribution in [-0.2, 0) is 22.7 Å². The molecule has 1 aromatic heterocycles. The summed E-state index contributed by atoms with van der Waals surface area (Å²) < 4.78 is 2.24. The van der Waals surface area contributed by atoms with Crippen LogP contribution in [0, 0.1) is 0 Å². The van der Waals surface area contributed by atoms with Crippen LogP contribution < -0.4 is 0 Å². The number of rotatable bonds is 11. The zero-order valence-electron chi connectivity index (χ0n) is 20.7. The number of hydrogen-bond donors (Lipinski definition) is 0. The molecule has 1 fully saturated rings. The molecule has 1 aliphatic rings. The Morgan fingerprint density at radius 2 is 1.73 bits per heavy atom. The van der Waals surface area contributed by atoms with Crippen molar-refractivity contribution in [3.8, 4) is 0 Å². The minimum Gasteiger partial charge on any atom is -0.345 e. The van der Waals surface area contributed by atoms with Gasteiger partial charge in [-0.25, -0.2) is 0 Å². The molecule has 2 aromatic rings. The average Bonchev–Trinajstić information content (AvgIpc) is 3.28. The van der Waals surface area contributed by atoms with Gasteiger partial charge in [-0.1, -0.05) is 63.4 Å². The van der Waals surface area contributed by atoms with Gasteiger partial charge in [0.15, 0.2) is 0 Å². The monoisotopic (exact) mass is 451 g/mol. The van der Waals surface area contributed by atoms with Crippen LogP contribution in [0.4, 0.5) is 0 Å². The van der Waals surface area contributed by atoms with Gasteiger partial charge in [0.1, 0.15) is 6.54 Å². The van der Waals surface area contributed by atoms with E-state index in [0.29, 0.717) is 13.0 Å². The minimum absolute atomic E-state index is 0.0724. The van der Waals surface area contributed by atoms with Crippen LogP contribution in [-0.4, -0.2) is 44.8 Å². The van der Waals surface area contributed by atoms with Gasteiger partial charge >= 0.3 is 0 Å². The molecule has 33 heavy (non-hydrogen) atoms. The van der Waals surface area contributed by atoms with Crippen molar-refractivity contribution < 1.29 is 9.59 Å². The summed E-state index contributed by atoms with van der Waals surface area (Å²) in [7, 11) is 0. The predicted octanol–water partition coefficient (Wildman–Crippen LogP) is 5.62. The van der Waals surface area contributed by atoms with Crippen LogP contribution in [0.5, 0.6) is 0 Å². The topological polar surface area (TPSA) is 45.6 Å². The van der Waals surface area contributed by atoms with Crippen LogP contribution >= 0.6 is 0 Å². The van der Waals surface area contributed by atoms with Crippen molar-refractivity contribution >= 4 is 11.8 Å². The van der Waals surface area contributed by atoms with Crippen molar-refractivity contribution in [2.45, 2.75) is 97.3 Å².